The van der Waals surface area contributed by atoms with Crippen molar-refractivity contribution < 1.29 is 0 Å². The van der Waals surface area contributed by atoms with E-state index in [1.807, 2.05) is 18.2 Å². The van der Waals surface area contributed by atoms with E-state index >= 15 is 0 Å². The monoisotopic (exact) mass is 326 g/mol. The molecule has 0 fully saturated rings. The predicted octanol–water partition coefficient (Wildman–Crippen LogP) is 5.83. The summed E-state index contributed by atoms with van der Waals surface area (Å²) in [7, 11) is 0. The zero-order chi connectivity index (χ0) is 15.1. The fraction of sp³-hybridized carbons (Fsp3) is 0.588. The molecule has 0 N–H and O–H groups in total. The van der Waals surface area contributed by atoms with Crippen molar-refractivity contribution >= 4 is 34.2 Å². The van der Waals surface area contributed by atoms with Crippen LogP contribution in [0.1, 0.15) is 51.3 Å². The van der Waals surface area contributed by atoms with Crippen molar-refractivity contribution in [2.75, 3.05) is 5.88 Å². The summed E-state index contributed by atoms with van der Waals surface area (Å²) in [6.07, 6.45) is 8.60. The summed E-state index contributed by atoms with van der Waals surface area (Å²) < 4.78 is 2.30. The van der Waals surface area contributed by atoms with Gasteiger partial charge in [0, 0.05) is 23.9 Å². The third-order valence-corrected chi connectivity index (χ3v) is 4.27. The molecule has 0 unspecified atom stereocenters. The van der Waals surface area contributed by atoms with Gasteiger partial charge in [0.2, 0.25) is 0 Å². The summed E-state index contributed by atoms with van der Waals surface area (Å²) in [5.74, 6) is 1.68. The largest absolute Gasteiger partial charge is 0.328 e. The fourth-order valence-electron chi connectivity index (χ4n) is 2.72. The number of halogens is 2. The first kappa shape index (κ1) is 16.6. The summed E-state index contributed by atoms with van der Waals surface area (Å²) >= 11 is 12.0. The summed E-state index contributed by atoms with van der Waals surface area (Å²) in [6.45, 7) is 3.26. The van der Waals surface area contributed by atoms with Crippen molar-refractivity contribution in [1.29, 1.82) is 0 Å². The lowest BCUT2D eigenvalue weighted by atomic mass is 10.1. The molecule has 21 heavy (non-hydrogen) atoms. The van der Waals surface area contributed by atoms with E-state index in [1.54, 1.807) is 0 Å². The average Bonchev–Trinajstić information content (AvgIpc) is 2.80. The van der Waals surface area contributed by atoms with E-state index in [-0.39, 0.29) is 0 Å². The van der Waals surface area contributed by atoms with Gasteiger partial charge < -0.3 is 4.57 Å². The highest BCUT2D eigenvalue weighted by Crippen LogP contribution is 2.22. The van der Waals surface area contributed by atoms with Crippen molar-refractivity contribution in [3.8, 4) is 0 Å². The molecule has 1 aromatic heterocycles. The van der Waals surface area contributed by atoms with Crippen LogP contribution in [-0.2, 0) is 13.0 Å². The lowest BCUT2D eigenvalue weighted by Gasteiger charge is -2.08. The number of aryl methyl sites for hydroxylation is 2. The Kier molecular flexibility index (Phi) is 6.85. The molecule has 2 rings (SSSR count). The van der Waals surface area contributed by atoms with E-state index in [0.29, 0.717) is 5.88 Å². The van der Waals surface area contributed by atoms with Gasteiger partial charge in [0.25, 0.3) is 0 Å². The van der Waals surface area contributed by atoms with Crippen LogP contribution < -0.4 is 0 Å². The molecular formula is C17H24Cl2N2. The Labute approximate surface area is 137 Å². The molecule has 1 heterocycles. The number of rotatable bonds is 9. The maximum absolute atomic E-state index is 6.13. The van der Waals surface area contributed by atoms with Crippen molar-refractivity contribution in [3.05, 3.63) is 29.0 Å². The molecule has 0 radical (unpaired) electrons. The van der Waals surface area contributed by atoms with Crippen LogP contribution in [0.25, 0.3) is 11.0 Å². The number of benzene rings is 1. The van der Waals surface area contributed by atoms with Gasteiger partial charge in [-0.05, 0) is 24.6 Å². The number of hydrogen-bond acceptors (Lipinski definition) is 1. The Bertz CT molecular complexity index is 563. The van der Waals surface area contributed by atoms with Crippen LogP contribution >= 0.6 is 23.2 Å². The first-order valence-corrected chi connectivity index (χ1v) is 8.88. The lowest BCUT2D eigenvalue weighted by molar-refractivity contribution is 0.554. The van der Waals surface area contributed by atoms with Gasteiger partial charge in [-0.1, -0.05) is 50.6 Å². The average molecular weight is 327 g/mol. The molecule has 2 aromatic rings. The fourth-order valence-corrected chi connectivity index (χ4v) is 3.06. The molecule has 0 saturated heterocycles. The number of unbranched alkanes of at least 4 members (excludes halogenated alkanes) is 5. The molecule has 2 nitrogen and oxygen atoms in total. The van der Waals surface area contributed by atoms with Gasteiger partial charge in [-0.15, -0.1) is 11.6 Å². The Morgan fingerprint density at radius 2 is 1.86 bits per heavy atom. The Morgan fingerprint density at radius 3 is 2.62 bits per heavy atom. The van der Waals surface area contributed by atoms with Gasteiger partial charge in [-0.25, -0.2) is 4.98 Å². The van der Waals surface area contributed by atoms with Gasteiger partial charge in [-0.2, -0.15) is 0 Å². The first-order chi connectivity index (χ1) is 10.3. The second-order valence-electron chi connectivity index (χ2n) is 5.52. The SMILES string of the molecule is CCCCCCCCn1c(CCCl)nc2ccc(Cl)cc21. The van der Waals surface area contributed by atoms with Crippen LogP contribution in [0.5, 0.6) is 0 Å². The van der Waals surface area contributed by atoms with Crippen molar-refractivity contribution in [3.63, 3.8) is 0 Å². The molecule has 0 atom stereocenters. The van der Waals surface area contributed by atoms with Gasteiger partial charge in [-0.3, -0.25) is 0 Å². The van der Waals surface area contributed by atoms with Crippen LogP contribution in [0.2, 0.25) is 5.02 Å². The minimum absolute atomic E-state index is 0.605. The second-order valence-corrected chi connectivity index (χ2v) is 6.33. The van der Waals surface area contributed by atoms with Crippen LogP contribution in [0.3, 0.4) is 0 Å². The number of aromatic nitrogens is 2. The summed E-state index contributed by atoms with van der Waals surface area (Å²) in [5.41, 5.74) is 2.15. The maximum atomic E-state index is 6.13. The van der Waals surface area contributed by atoms with E-state index in [0.717, 1.165) is 34.8 Å². The minimum Gasteiger partial charge on any atom is -0.328 e. The van der Waals surface area contributed by atoms with Crippen molar-refractivity contribution in [2.24, 2.45) is 0 Å². The first-order valence-electron chi connectivity index (χ1n) is 7.97. The van der Waals surface area contributed by atoms with Crippen LogP contribution in [0.15, 0.2) is 18.2 Å². The molecule has 0 bridgehead atoms. The number of alkyl halides is 1. The smallest absolute Gasteiger partial charge is 0.111 e. The Morgan fingerprint density at radius 1 is 1.10 bits per heavy atom. The lowest BCUT2D eigenvalue weighted by Crippen LogP contribution is -2.05. The van der Waals surface area contributed by atoms with Gasteiger partial charge in [0.1, 0.15) is 5.82 Å². The summed E-state index contributed by atoms with van der Waals surface area (Å²) in [4.78, 5) is 4.69. The number of hydrogen-bond donors (Lipinski definition) is 0. The molecule has 0 saturated carbocycles. The zero-order valence-electron chi connectivity index (χ0n) is 12.7. The zero-order valence-corrected chi connectivity index (χ0v) is 14.3. The van der Waals surface area contributed by atoms with Crippen LogP contribution in [-0.4, -0.2) is 15.4 Å². The van der Waals surface area contributed by atoms with Crippen molar-refractivity contribution in [1.82, 2.24) is 9.55 Å². The topological polar surface area (TPSA) is 17.8 Å². The molecule has 116 valence electrons. The molecule has 0 aliphatic heterocycles. The van der Waals surface area contributed by atoms with Gasteiger partial charge in [0.15, 0.2) is 0 Å². The molecular weight excluding hydrogens is 303 g/mol. The third kappa shape index (κ3) is 4.62. The number of nitrogens with zero attached hydrogens (tertiary/aromatic N) is 2. The van der Waals surface area contributed by atoms with Crippen molar-refractivity contribution in [2.45, 2.75) is 58.4 Å². The molecule has 0 amide bonds. The quantitative estimate of drug-likeness (QED) is 0.418. The second kappa shape index (κ2) is 8.65. The highest BCUT2D eigenvalue weighted by atomic mass is 35.5. The summed E-state index contributed by atoms with van der Waals surface area (Å²) in [5, 5.41) is 0.768. The van der Waals surface area contributed by atoms with Gasteiger partial charge in [0.05, 0.1) is 11.0 Å². The van der Waals surface area contributed by atoms with E-state index in [2.05, 4.69) is 11.5 Å². The van der Waals surface area contributed by atoms with Crippen LogP contribution in [0.4, 0.5) is 0 Å². The molecule has 0 aliphatic carbocycles. The standard InChI is InChI=1S/C17H24Cl2N2/c1-2-3-4-5-6-7-12-21-16-13-14(19)8-9-15(16)20-17(21)10-11-18/h8-9,13H,2-7,10-12H2,1H3. The highest BCUT2D eigenvalue weighted by molar-refractivity contribution is 6.31. The van der Waals surface area contributed by atoms with E-state index in [1.165, 1.54) is 38.5 Å². The third-order valence-electron chi connectivity index (χ3n) is 3.84. The Hall–Kier alpha value is -0.730. The minimum atomic E-state index is 0.605. The number of fused-ring (bicyclic) bond motifs is 1. The predicted molar refractivity (Wildman–Crippen MR) is 92.5 cm³/mol. The van der Waals surface area contributed by atoms with E-state index in [4.69, 9.17) is 28.2 Å². The highest BCUT2D eigenvalue weighted by Gasteiger charge is 2.10. The van der Waals surface area contributed by atoms with E-state index < -0.39 is 0 Å². The molecule has 0 aliphatic rings. The normalized spacial score (nSPS) is 11.4. The van der Waals surface area contributed by atoms with Crippen LogP contribution in [0, 0.1) is 0 Å². The Balaban J connectivity index is 2.05. The summed E-state index contributed by atoms with van der Waals surface area (Å²) in [6, 6.07) is 5.91. The molecule has 4 heteroatoms. The molecule has 0 spiro atoms. The molecule has 1 aromatic carbocycles. The van der Waals surface area contributed by atoms with Gasteiger partial charge >= 0.3 is 0 Å². The van der Waals surface area contributed by atoms with E-state index in [9.17, 15) is 0 Å². The maximum Gasteiger partial charge on any atom is 0.111 e. The number of imidazole rings is 1.